The van der Waals surface area contributed by atoms with Crippen molar-refractivity contribution < 1.29 is 19.2 Å². The van der Waals surface area contributed by atoms with Crippen molar-refractivity contribution in [1.29, 1.82) is 0 Å². The van der Waals surface area contributed by atoms with E-state index in [0.717, 1.165) is 36.1 Å². The van der Waals surface area contributed by atoms with E-state index in [0.29, 0.717) is 16.3 Å². The maximum absolute atomic E-state index is 12.4. The van der Waals surface area contributed by atoms with Crippen LogP contribution < -0.4 is 5.32 Å². The van der Waals surface area contributed by atoms with Crippen molar-refractivity contribution in [2.75, 3.05) is 13.1 Å². The minimum Gasteiger partial charge on any atom is -0.350 e. The van der Waals surface area contributed by atoms with Crippen LogP contribution in [0.15, 0.2) is 35.9 Å². The summed E-state index contributed by atoms with van der Waals surface area (Å²) >= 11 is 5.81. The van der Waals surface area contributed by atoms with E-state index < -0.39 is 30.3 Å². The number of hydrogen-bond donors (Lipinski definition) is 1. The van der Waals surface area contributed by atoms with Gasteiger partial charge in [-0.25, -0.2) is 9.69 Å². The van der Waals surface area contributed by atoms with Gasteiger partial charge in [-0.1, -0.05) is 35.4 Å². The second kappa shape index (κ2) is 9.01. The fourth-order valence-electron chi connectivity index (χ4n) is 3.28. The first-order valence-corrected chi connectivity index (χ1v) is 9.70. The van der Waals surface area contributed by atoms with Crippen molar-refractivity contribution in [3.8, 4) is 0 Å². The second-order valence-electron chi connectivity index (χ2n) is 6.89. The molecule has 0 spiro atoms. The van der Waals surface area contributed by atoms with E-state index in [1.165, 1.54) is 5.57 Å². The van der Waals surface area contributed by atoms with Gasteiger partial charge in [-0.2, -0.15) is 0 Å². The molecule has 3 rings (SSSR count). The summed E-state index contributed by atoms with van der Waals surface area (Å²) in [4.78, 5) is 50.5. The summed E-state index contributed by atoms with van der Waals surface area (Å²) in [5.74, 6) is -2.34. The van der Waals surface area contributed by atoms with E-state index in [-0.39, 0.29) is 13.1 Å². The molecule has 0 aromatic heterocycles. The zero-order valence-electron chi connectivity index (χ0n) is 15.4. The summed E-state index contributed by atoms with van der Waals surface area (Å²) in [5.41, 5.74) is 2.04. The fraction of sp³-hybridized carbons (Fsp3) is 0.400. The third kappa shape index (κ3) is 4.78. The molecule has 0 unspecified atom stereocenters. The first kappa shape index (κ1) is 20.1. The number of imide groups is 2. The molecule has 28 heavy (non-hydrogen) atoms. The molecule has 1 N–H and O–H groups in total. The number of nitrogens with zero attached hydrogens (tertiary/aromatic N) is 2. The van der Waals surface area contributed by atoms with Gasteiger partial charge in [-0.15, -0.1) is 0 Å². The maximum Gasteiger partial charge on any atom is 0.334 e. The topological polar surface area (TPSA) is 86.8 Å². The Bertz CT molecular complexity index is 819. The average molecular weight is 404 g/mol. The molecule has 1 aliphatic carbocycles. The lowest BCUT2D eigenvalue weighted by atomic mass is 9.97. The molecule has 1 heterocycles. The molecule has 2 aliphatic rings. The van der Waals surface area contributed by atoms with E-state index in [9.17, 15) is 19.2 Å². The normalized spacial score (nSPS) is 17.2. The predicted molar refractivity (Wildman–Crippen MR) is 103 cm³/mol. The van der Waals surface area contributed by atoms with E-state index in [4.69, 9.17) is 11.6 Å². The lowest BCUT2D eigenvalue weighted by Crippen LogP contribution is -2.41. The van der Waals surface area contributed by atoms with Crippen LogP contribution in [0.25, 0.3) is 0 Å². The smallest absolute Gasteiger partial charge is 0.334 e. The number of allylic oxidation sites excluding steroid dienone is 1. The van der Waals surface area contributed by atoms with Crippen molar-refractivity contribution in [1.82, 2.24) is 15.1 Å². The van der Waals surface area contributed by atoms with Gasteiger partial charge in [-0.05, 0) is 49.8 Å². The number of carbonyl (C=O) groups excluding carboxylic acids is 4. The van der Waals surface area contributed by atoms with E-state index in [1.54, 1.807) is 24.3 Å². The number of halogens is 1. The SMILES string of the molecule is O=C(CN1C(=O)C(=O)N(CCC2=CCCCC2)C1=O)NCc1ccc(Cl)cc1. The Morgan fingerprint density at radius 1 is 1.04 bits per heavy atom. The van der Waals surface area contributed by atoms with Gasteiger partial charge in [0, 0.05) is 18.1 Å². The van der Waals surface area contributed by atoms with Crippen LogP contribution in [0, 0.1) is 0 Å². The highest BCUT2D eigenvalue weighted by atomic mass is 35.5. The number of urea groups is 1. The van der Waals surface area contributed by atoms with Crippen LogP contribution in [0.1, 0.15) is 37.7 Å². The zero-order chi connectivity index (χ0) is 20.1. The quantitative estimate of drug-likeness (QED) is 0.430. The summed E-state index contributed by atoms with van der Waals surface area (Å²) in [6.07, 6.45) is 6.94. The molecular formula is C20H22ClN3O4. The molecule has 0 radical (unpaired) electrons. The highest BCUT2D eigenvalue weighted by Crippen LogP contribution is 2.22. The summed E-state index contributed by atoms with van der Waals surface area (Å²) in [6, 6.07) is 6.21. The van der Waals surface area contributed by atoms with Crippen LogP contribution in [-0.2, 0) is 20.9 Å². The summed E-state index contributed by atoms with van der Waals surface area (Å²) in [7, 11) is 0. The van der Waals surface area contributed by atoms with Gasteiger partial charge in [0.05, 0.1) is 0 Å². The molecule has 1 aromatic rings. The van der Waals surface area contributed by atoms with Crippen LogP contribution in [0.3, 0.4) is 0 Å². The van der Waals surface area contributed by atoms with Gasteiger partial charge < -0.3 is 5.32 Å². The minimum atomic E-state index is -0.954. The highest BCUT2D eigenvalue weighted by molar-refractivity contribution is 6.45. The number of benzene rings is 1. The Labute approximate surface area is 168 Å². The van der Waals surface area contributed by atoms with Gasteiger partial charge in [0.1, 0.15) is 6.54 Å². The maximum atomic E-state index is 12.4. The minimum absolute atomic E-state index is 0.165. The van der Waals surface area contributed by atoms with Gasteiger partial charge >= 0.3 is 17.8 Å². The molecule has 1 fully saturated rings. The van der Waals surface area contributed by atoms with Crippen LogP contribution in [0.2, 0.25) is 5.02 Å². The van der Waals surface area contributed by atoms with Crippen LogP contribution in [-0.4, -0.2) is 46.6 Å². The third-order valence-corrected chi connectivity index (χ3v) is 5.13. The molecule has 0 bridgehead atoms. The first-order chi connectivity index (χ1) is 13.5. The zero-order valence-corrected chi connectivity index (χ0v) is 16.2. The lowest BCUT2D eigenvalue weighted by Gasteiger charge is -2.17. The number of rotatable bonds is 7. The van der Waals surface area contributed by atoms with Crippen molar-refractivity contribution in [2.45, 2.75) is 38.6 Å². The number of nitrogens with one attached hydrogen (secondary N) is 1. The van der Waals surface area contributed by atoms with Crippen LogP contribution in [0.4, 0.5) is 4.79 Å². The first-order valence-electron chi connectivity index (χ1n) is 9.32. The lowest BCUT2D eigenvalue weighted by molar-refractivity contribution is -0.144. The molecule has 1 aromatic carbocycles. The fourth-order valence-corrected chi connectivity index (χ4v) is 3.40. The Morgan fingerprint density at radius 2 is 1.75 bits per heavy atom. The number of amides is 5. The van der Waals surface area contributed by atoms with Crippen molar-refractivity contribution in [2.24, 2.45) is 0 Å². The molecule has 0 saturated carbocycles. The molecule has 1 aliphatic heterocycles. The second-order valence-corrected chi connectivity index (χ2v) is 7.33. The van der Waals surface area contributed by atoms with E-state index in [2.05, 4.69) is 11.4 Å². The highest BCUT2D eigenvalue weighted by Gasteiger charge is 2.44. The van der Waals surface area contributed by atoms with Gasteiger partial charge in [0.15, 0.2) is 0 Å². The van der Waals surface area contributed by atoms with Gasteiger partial charge in [0.2, 0.25) is 5.91 Å². The molecule has 7 nitrogen and oxygen atoms in total. The van der Waals surface area contributed by atoms with Crippen molar-refractivity contribution in [3.63, 3.8) is 0 Å². The van der Waals surface area contributed by atoms with E-state index >= 15 is 0 Å². The number of carbonyl (C=O) groups is 4. The number of hydrogen-bond acceptors (Lipinski definition) is 4. The van der Waals surface area contributed by atoms with E-state index in [1.807, 2.05) is 0 Å². The van der Waals surface area contributed by atoms with Crippen LogP contribution >= 0.6 is 11.6 Å². The Kier molecular flexibility index (Phi) is 6.46. The summed E-state index contributed by atoms with van der Waals surface area (Å²) in [5, 5.41) is 3.22. The molecular weight excluding hydrogens is 382 g/mol. The standard InChI is InChI=1S/C20H22ClN3O4/c21-16-8-6-15(7-9-16)12-22-17(25)13-24-19(27)18(26)23(20(24)28)11-10-14-4-2-1-3-5-14/h4,6-9H,1-3,5,10-13H2,(H,22,25). The molecule has 5 amide bonds. The Morgan fingerprint density at radius 3 is 2.43 bits per heavy atom. The van der Waals surface area contributed by atoms with Gasteiger partial charge in [-0.3, -0.25) is 19.3 Å². The molecule has 1 saturated heterocycles. The predicted octanol–water partition coefficient (Wildman–Crippen LogP) is 2.64. The molecule has 0 atom stereocenters. The van der Waals surface area contributed by atoms with Crippen LogP contribution in [0.5, 0.6) is 0 Å². The van der Waals surface area contributed by atoms with Crippen molar-refractivity contribution in [3.05, 3.63) is 46.5 Å². The third-order valence-electron chi connectivity index (χ3n) is 4.88. The molecule has 8 heteroatoms. The summed E-state index contributed by atoms with van der Waals surface area (Å²) < 4.78 is 0. The Hall–Kier alpha value is -2.67. The Balaban J connectivity index is 1.53. The largest absolute Gasteiger partial charge is 0.350 e. The molecule has 148 valence electrons. The summed E-state index contributed by atoms with van der Waals surface area (Å²) in [6.45, 7) is -0.0770. The van der Waals surface area contributed by atoms with Gasteiger partial charge in [0.25, 0.3) is 0 Å². The average Bonchev–Trinajstić information content (AvgIpc) is 2.90. The monoisotopic (exact) mass is 403 g/mol. The van der Waals surface area contributed by atoms with Crippen molar-refractivity contribution >= 4 is 35.4 Å².